The van der Waals surface area contributed by atoms with Gasteiger partial charge in [-0.3, -0.25) is 4.98 Å². The van der Waals surface area contributed by atoms with Crippen molar-refractivity contribution in [1.82, 2.24) is 10.3 Å². The van der Waals surface area contributed by atoms with Crippen molar-refractivity contribution in [2.24, 2.45) is 0 Å². The average molecular weight is 318 g/mol. The molecule has 24 heavy (non-hydrogen) atoms. The SMILES string of the molecule is O=C(NCC=Cc1ccc2cccnc2c1)OCc1ccccc1. The van der Waals surface area contributed by atoms with Gasteiger partial charge >= 0.3 is 6.09 Å². The van der Waals surface area contributed by atoms with Crippen LogP contribution in [0.5, 0.6) is 0 Å². The molecule has 0 aliphatic rings. The van der Waals surface area contributed by atoms with Crippen LogP contribution in [0, 0.1) is 0 Å². The third-order valence-corrected chi connectivity index (χ3v) is 3.52. The number of pyridine rings is 1. The lowest BCUT2D eigenvalue weighted by Gasteiger charge is -2.05. The zero-order valence-electron chi connectivity index (χ0n) is 13.2. The summed E-state index contributed by atoms with van der Waals surface area (Å²) in [6, 6.07) is 19.6. The van der Waals surface area contributed by atoms with E-state index in [-0.39, 0.29) is 6.61 Å². The molecule has 2 aromatic carbocycles. The smallest absolute Gasteiger partial charge is 0.407 e. The molecular formula is C20H18N2O2. The fourth-order valence-electron chi connectivity index (χ4n) is 2.30. The van der Waals surface area contributed by atoms with Crippen molar-refractivity contribution in [2.45, 2.75) is 6.61 Å². The summed E-state index contributed by atoms with van der Waals surface area (Å²) < 4.78 is 5.14. The van der Waals surface area contributed by atoms with E-state index < -0.39 is 6.09 Å². The van der Waals surface area contributed by atoms with E-state index in [1.165, 1.54) is 0 Å². The van der Waals surface area contributed by atoms with E-state index in [0.717, 1.165) is 22.0 Å². The Bertz CT molecular complexity index is 844. The van der Waals surface area contributed by atoms with Gasteiger partial charge in [-0.2, -0.15) is 0 Å². The quantitative estimate of drug-likeness (QED) is 0.768. The molecule has 1 amide bonds. The van der Waals surface area contributed by atoms with E-state index in [0.29, 0.717) is 6.54 Å². The lowest BCUT2D eigenvalue weighted by atomic mass is 10.1. The van der Waals surface area contributed by atoms with Crippen molar-refractivity contribution < 1.29 is 9.53 Å². The minimum absolute atomic E-state index is 0.271. The van der Waals surface area contributed by atoms with Gasteiger partial charge in [0.1, 0.15) is 6.61 Å². The Balaban J connectivity index is 1.46. The highest BCUT2D eigenvalue weighted by atomic mass is 16.5. The summed E-state index contributed by atoms with van der Waals surface area (Å²) >= 11 is 0. The molecule has 0 fully saturated rings. The summed E-state index contributed by atoms with van der Waals surface area (Å²) in [5, 5.41) is 3.81. The monoisotopic (exact) mass is 318 g/mol. The van der Waals surface area contributed by atoms with Crippen molar-refractivity contribution in [3.05, 3.63) is 84.1 Å². The van der Waals surface area contributed by atoms with Gasteiger partial charge in [0.05, 0.1) is 5.52 Å². The first kappa shape index (κ1) is 15.7. The summed E-state index contributed by atoms with van der Waals surface area (Å²) in [5.41, 5.74) is 2.96. The first-order chi connectivity index (χ1) is 11.8. The van der Waals surface area contributed by atoms with Crippen LogP contribution in [-0.2, 0) is 11.3 Å². The van der Waals surface area contributed by atoms with E-state index in [9.17, 15) is 4.79 Å². The van der Waals surface area contributed by atoms with E-state index in [1.54, 1.807) is 6.20 Å². The van der Waals surface area contributed by atoms with Crippen LogP contribution in [-0.4, -0.2) is 17.6 Å². The molecule has 4 heteroatoms. The number of benzene rings is 2. The van der Waals surface area contributed by atoms with Crippen LogP contribution >= 0.6 is 0 Å². The fraction of sp³-hybridized carbons (Fsp3) is 0.100. The van der Waals surface area contributed by atoms with Gasteiger partial charge in [0.15, 0.2) is 0 Å². The van der Waals surface area contributed by atoms with E-state index in [2.05, 4.69) is 10.3 Å². The highest BCUT2D eigenvalue weighted by Crippen LogP contribution is 2.13. The molecule has 0 atom stereocenters. The van der Waals surface area contributed by atoms with Gasteiger partial charge in [0.2, 0.25) is 0 Å². The van der Waals surface area contributed by atoms with Crippen LogP contribution in [0.25, 0.3) is 17.0 Å². The maximum atomic E-state index is 11.6. The summed E-state index contributed by atoms with van der Waals surface area (Å²) in [5.74, 6) is 0. The molecule has 4 nitrogen and oxygen atoms in total. The topological polar surface area (TPSA) is 51.2 Å². The number of fused-ring (bicyclic) bond motifs is 1. The third-order valence-electron chi connectivity index (χ3n) is 3.52. The molecule has 0 bridgehead atoms. The van der Waals surface area contributed by atoms with Gasteiger partial charge in [-0.15, -0.1) is 0 Å². The average Bonchev–Trinajstić information content (AvgIpc) is 2.64. The van der Waals surface area contributed by atoms with E-state index >= 15 is 0 Å². The number of nitrogens with zero attached hydrogens (tertiary/aromatic N) is 1. The maximum absolute atomic E-state index is 11.6. The van der Waals surface area contributed by atoms with Gasteiger partial charge in [-0.25, -0.2) is 4.79 Å². The number of hydrogen-bond donors (Lipinski definition) is 1. The Kier molecular flexibility index (Phi) is 5.20. The predicted molar refractivity (Wildman–Crippen MR) is 95.4 cm³/mol. The van der Waals surface area contributed by atoms with E-state index in [4.69, 9.17) is 4.74 Å². The van der Waals surface area contributed by atoms with Crippen LogP contribution in [0.3, 0.4) is 0 Å². The number of nitrogens with one attached hydrogen (secondary N) is 1. The lowest BCUT2D eigenvalue weighted by molar-refractivity contribution is 0.141. The molecule has 0 saturated carbocycles. The second-order valence-corrected chi connectivity index (χ2v) is 5.30. The number of rotatable bonds is 5. The number of hydrogen-bond acceptors (Lipinski definition) is 3. The Labute approximate surface area is 140 Å². The van der Waals surface area contributed by atoms with Crippen LogP contribution < -0.4 is 5.32 Å². The zero-order chi connectivity index (χ0) is 16.6. The normalized spacial score (nSPS) is 10.8. The highest BCUT2D eigenvalue weighted by Gasteiger charge is 2.00. The molecule has 1 heterocycles. The molecule has 0 spiro atoms. The summed E-state index contributed by atoms with van der Waals surface area (Å²) in [6.45, 7) is 0.681. The first-order valence-corrected chi connectivity index (χ1v) is 7.77. The lowest BCUT2D eigenvalue weighted by Crippen LogP contribution is -2.24. The molecule has 3 rings (SSSR count). The van der Waals surface area contributed by atoms with Gasteiger partial charge in [0.25, 0.3) is 0 Å². The Hall–Kier alpha value is -3.14. The van der Waals surface area contributed by atoms with Crippen molar-refractivity contribution in [3.63, 3.8) is 0 Å². The van der Waals surface area contributed by atoms with Gasteiger partial charge in [-0.1, -0.05) is 60.7 Å². The second kappa shape index (κ2) is 7.92. The third kappa shape index (κ3) is 4.43. The van der Waals surface area contributed by atoms with Gasteiger partial charge in [-0.05, 0) is 23.3 Å². The van der Waals surface area contributed by atoms with Crippen molar-refractivity contribution in [1.29, 1.82) is 0 Å². The molecule has 0 saturated heterocycles. The van der Waals surface area contributed by atoms with Crippen LogP contribution in [0.1, 0.15) is 11.1 Å². The molecule has 0 unspecified atom stereocenters. The van der Waals surface area contributed by atoms with Crippen molar-refractivity contribution in [3.8, 4) is 0 Å². The Morgan fingerprint density at radius 3 is 2.83 bits per heavy atom. The van der Waals surface area contributed by atoms with E-state index in [1.807, 2.05) is 72.8 Å². The fourth-order valence-corrected chi connectivity index (χ4v) is 2.30. The molecular weight excluding hydrogens is 300 g/mol. The van der Waals surface area contributed by atoms with Crippen LogP contribution in [0.4, 0.5) is 4.79 Å². The van der Waals surface area contributed by atoms with Crippen molar-refractivity contribution >= 4 is 23.1 Å². The molecule has 0 aliphatic carbocycles. The number of carbonyl (C=O) groups is 1. The molecule has 1 aromatic heterocycles. The molecule has 1 N–H and O–H groups in total. The molecule has 3 aromatic rings. The van der Waals surface area contributed by atoms with Gasteiger partial charge in [0, 0.05) is 18.1 Å². The minimum Gasteiger partial charge on any atom is -0.445 e. The number of amides is 1. The number of ether oxygens (including phenoxy) is 1. The number of carbonyl (C=O) groups excluding carboxylic acids is 1. The highest BCUT2D eigenvalue weighted by molar-refractivity contribution is 5.80. The number of aromatic nitrogens is 1. The Morgan fingerprint density at radius 1 is 1.08 bits per heavy atom. The van der Waals surface area contributed by atoms with Crippen molar-refractivity contribution in [2.75, 3.05) is 6.54 Å². The first-order valence-electron chi connectivity index (χ1n) is 7.77. The number of alkyl carbamates (subject to hydrolysis) is 1. The molecule has 0 aliphatic heterocycles. The minimum atomic E-state index is -0.427. The predicted octanol–water partition coefficient (Wildman–Crippen LogP) is 4.17. The second-order valence-electron chi connectivity index (χ2n) is 5.30. The summed E-state index contributed by atoms with van der Waals surface area (Å²) in [4.78, 5) is 16.0. The Morgan fingerprint density at radius 2 is 1.96 bits per heavy atom. The summed E-state index contributed by atoms with van der Waals surface area (Å²) in [7, 11) is 0. The standard InChI is InChI=1S/C20H18N2O2/c23-20(24-15-17-6-2-1-3-7-17)22-13-4-8-16-10-11-18-9-5-12-21-19(18)14-16/h1-12,14H,13,15H2,(H,22,23). The zero-order valence-corrected chi connectivity index (χ0v) is 13.2. The largest absolute Gasteiger partial charge is 0.445 e. The van der Waals surface area contributed by atoms with Crippen LogP contribution in [0.2, 0.25) is 0 Å². The summed E-state index contributed by atoms with van der Waals surface area (Å²) in [6.07, 6.45) is 5.18. The van der Waals surface area contributed by atoms with Gasteiger partial charge < -0.3 is 10.1 Å². The van der Waals surface area contributed by atoms with Crippen LogP contribution in [0.15, 0.2) is 72.9 Å². The maximum Gasteiger partial charge on any atom is 0.407 e. The molecule has 0 radical (unpaired) electrons. The molecule has 120 valence electrons.